The van der Waals surface area contributed by atoms with Gasteiger partial charge in [0.25, 0.3) is 15.9 Å². The minimum atomic E-state index is -4.41. The first-order valence-electron chi connectivity index (χ1n) is 18.3. The van der Waals surface area contributed by atoms with Gasteiger partial charge in [-0.3, -0.25) is 4.98 Å². The topological polar surface area (TPSA) is 170 Å². The van der Waals surface area contributed by atoms with Crippen LogP contribution in [0, 0.1) is 19.7 Å². The third-order valence-electron chi connectivity index (χ3n) is 9.73. The van der Waals surface area contributed by atoms with Crippen molar-refractivity contribution in [3.63, 3.8) is 0 Å². The summed E-state index contributed by atoms with van der Waals surface area (Å²) in [4.78, 5) is 29.6. The van der Waals surface area contributed by atoms with Crippen molar-refractivity contribution < 1.29 is 32.2 Å². The van der Waals surface area contributed by atoms with Crippen LogP contribution in [0.1, 0.15) is 92.8 Å². The van der Waals surface area contributed by atoms with Gasteiger partial charge >= 0.3 is 5.97 Å². The number of carboxylic acids is 1. The maximum Gasteiger partial charge on any atom is 0.335 e. The van der Waals surface area contributed by atoms with Crippen LogP contribution in [0.4, 0.5) is 10.3 Å². The third kappa shape index (κ3) is 8.63. The summed E-state index contributed by atoms with van der Waals surface area (Å²) in [5, 5.41) is 13.1. The number of sulfonamides is 1. The number of aryl methyl sites for hydroxylation is 3. The molecule has 15 heteroatoms. The molecule has 3 aromatic heterocycles. The van der Waals surface area contributed by atoms with Crippen molar-refractivity contribution in [1.29, 1.82) is 0 Å². The van der Waals surface area contributed by atoms with Crippen LogP contribution in [0.3, 0.4) is 0 Å². The molecule has 6 rings (SSSR count). The maximum atomic E-state index is 16.6. The summed E-state index contributed by atoms with van der Waals surface area (Å²) in [5.74, 6) is -3.07. The Balaban J connectivity index is 1.36. The summed E-state index contributed by atoms with van der Waals surface area (Å²) in [6.45, 7) is 13.9. The van der Waals surface area contributed by atoms with Crippen LogP contribution >= 0.6 is 0 Å². The molecule has 1 aliphatic rings. The lowest BCUT2D eigenvalue weighted by molar-refractivity contribution is -0.0252. The molecule has 0 saturated carbocycles. The normalized spacial score (nSPS) is 18.0. The van der Waals surface area contributed by atoms with Gasteiger partial charge < -0.3 is 24.5 Å². The molecule has 55 heavy (non-hydrogen) atoms. The van der Waals surface area contributed by atoms with E-state index in [1.54, 1.807) is 32.2 Å². The fourth-order valence-electron chi connectivity index (χ4n) is 7.12. The highest BCUT2D eigenvalue weighted by molar-refractivity contribution is 7.92. The van der Waals surface area contributed by atoms with Crippen LogP contribution in [0.2, 0.25) is 0 Å². The fraction of sp³-hybridized carbons (Fsp3) is 0.425. The molecule has 5 aromatic rings. The van der Waals surface area contributed by atoms with Crippen LogP contribution in [0.25, 0.3) is 22.4 Å². The average molecular weight is 774 g/mol. The molecule has 13 nitrogen and oxygen atoms in total. The van der Waals surface area contributed by atoms with Crippen LogP contribution in [-0.4, -0.2) is 68.9 Å². The van der Waals surface area contributed by atoms with Crippen molar-refractivity contribution in [2.75, 3.05) is 11.3 Å². The summed E-state index contributed by atoms with van der Waals surface area (Å²) in [6.07, 6.45) is 3.64. The number of nitrogens with zero attached hydrogens (tertiary/aromatic N) is 5. The number of hydrogen-bond donors (Lipinski definition) is 3. The van der Waals surface area contributed by atoms with Gasteiger partial charge in [-0.25, -0.2) is 27.9 Å². The van der Waals surface area contributed by atoms with Crippen molar-refractivity contribution in [3.05, 3.63) is 88.6 Å². The van der Waals surface area contributed by atoms with Gasteiger partial charge in [0.15, 0.2) is 5.65 Å². The molecule has 0 bridgehead atoms. The monoisotopic (exact) mass is 773 g/mol. The Morgan fingerprint density at radius 2 is 1.78 bits per heavy atom. The van der Waals surface area contributed by atoms with Crippen LogP contribution in [0.5, 0.6) is 5.88 Å². The molecule has 0 amide bonds. The number of hydrogen-bond acceptors (Lipinski definition) is 10. The van der Waals surface area contributed by atoms with Gasteiger partial charge in [0, 0.05) is 23.7 Å². The van der Waals surface area contributed by atoms with Gasteiger partial charge in [-0.1, -0.05) is 45.0 Å². The summed E-state index contributed by atoms with van der Waals surface area (Å²) < 4.78 is 60.5. The lowest BCUT2D eigenvalue weighted by atomic mass is 9.92. The van der Waals surface area contributed by atoms with Crippen molar-refractivity contribution in [2.24, 2.45) is 7.05 Å². The molecule has 0 unspecified atom stereocenters. The van der Waals surface area contributed by atoms with Gasteiger partial charge in [0.2, 0.25) is 11.8 Å². The minimum absolute atomic E-state index is 0.0884. The van der Waals surface area contributed by atoms with Crippen molar-refractivity contribution in [3.8, 4) is 17.1 Å². The molecule has 3 N–H and O–H groups in total. The molecule has 4 heterocycles. The van der Waals surface area contributed by atoms with E-state index >= 15 is 4.39 Å². The van der Waals surface area contributed by atoms with E-state index in [0.717, 1.165) is 41.5 Å². The van der Waals surface area contributed by atoms with Gasteiger partial charge in [-0.2, -0.15) is 9.37 Å². The predicted molar refractivity (Wildman–Crippen MR) is 207 cm³/mol. The molecule has 1 saturated heterocycles. The number of fused-ring (bicyclic) bond motifs is 1. The number of benzene rings is 2. The van der Waals surface area contributed by atoms with Gasteiger partial charge in [0.05, 0.1) is 46.6 Å². The van der Waals surface area contributed by atoms with E-state index in [0.29, 0.717) is 23.1 Å². The van der Waals surface area contributed by atoms with Gasteiger partial charge in [0.1, 0.15) is 17.8 Å². The number of rotatable bonds is 11. The largest absolute Gasteiger partial charge is 0.478 e. The van der Waals surface area contributed by atoms with Crippen molar-refractivity contribution in [1.82, 2.24) is 29.8 Å². The summed E-state index contributed by atoms with van der Waals surface area (Å²) in [6, 6.07) is 11.7. The molecule has 0 aliphatic carbocycles. The smallest absolute Gasteiger partial charge is 0.335 e. The first-order valence-corrected chi connectivity index (χ1v) is 19.8. The van der Waals surface area contributed by atoms with Crippen molar-refractivity contribution >= 4 is 33.1 Å². The standard InChI is InChI=1S/C40H48FN7O6S/c1-22(2)54-31-17-11-16-27(29-20-42-28-19-32(40(5,6)7)48(8)36(28)44-29)43-30(31)21-53-37-34(41)35(33-23(3)12-9-13-24(33)4)45-39(46-37)47-55(51,52)26-15-10-14-25(18-26)38(49)50/h9-10,12-15,18-20,22,27,30-31,43H,11,16-17,21H2,1-8H3,(H,49,50)(H,45,46,47)/t27-,30-,31+/m0/s1. The number of ether oxygens (including phenoxy) is 2. The molecular formula is C40H48FN7O6S. The van der Waals surface area contributed by atoms with E-state index in [4.69, 9.17) is 19.4 Å². The number of aromatic carboxylic acids is 1. The Morgan fingerprint density at radius 1 is 1.07 bits per heavy atom. The first-order chi connectivity index (χ1) is 25.9. The van der Waals surface area contributed by atoms with E-state index < -0.39 is 39.7 Å². The van der Waals surface area contributed by atoms with Crippen molar-refractivity contribution in [2.45, 2.75) is 102 Å². The summed E-state index contributed by atoms with van der Waals surface area (Å²) >= 11 is 0. The van der Waals surface area contributed by atoms with E-state index in [-0.39, 0.29) is 46.4 Å². The Labute approximate surface area is 320 Å². The molecular weight excluding hydrogens is 726 g/mol. The number of nitrogens with one attached hydrogen (secondary N) is 2. The predicted octanol–water partition coefficient (Wildman–Crippen LogP) is 7.03. The Bertz CT molecular complexity index is 2320. The number of aromatic nitrogens is 5. The molecule has 1 aliphatic heterocycles. The molecule has 3 atom stereocenters. The second kappa shape index (κ2) is 15.6. The third-order valence-corrected chi connectivity index (χ3v) is 11.1. The lowest BCUT2D eigenvalue weighted by Crippen LogP contribution is -2.46. The second-order valence-corrected chi connectivity index (χ2v) is 17.0. The molecule has 292 valence electrons. The average Bonchev–Trinajstić information content (AvgIpc) is 3.33. The zero-order valence-electron chi connectivity index (χ0n) is 32.3. The highest BCUT2D eigenvalue weighted by atomic mass is 32.2. The Morgan fingerprint density at radius 3 is 2.45 bits per heavy atom. The minimum Gasteiger partial charge on any atom is -0.478 e. The Hall–Kier alpha value is -4.99. The fourth-order valence-corrected chi connectivity index (χ4v) is 8.11. The number of carbonyl (C=O) groups is 1. The summed E-state index contributed by atoms with van der Waals surface area (Å²) in [5.41, 5.74) is 4.87. The maximum absolute atomic E-state index is 16.6. The van der Waals surface area contributed by atoms with E-state index in [1.807, 2.05) is 27.0 Å². The highest BCUT2D eigenvalue weighted by Crippen LogP contribution is 2.34. The van der Waals surface area contributed by atoms with E-state index in [9.17, 15) is 18.3 Å². The highest BCUT2D eigenvalue weighted by Gasteiger charge is 2.33. The van der Waals surface area contributed by atoms with Crippen LogP contribution < -0.4 is 14.8 Å². The molecule has 1 fully saturated rings. The lowest BCUT2D eigenvalue weighted by Gasteiger charge is -2.29. The Kier molecular flexibility index (Phi) is 11.3. The number of anilines is 1. The zero-order chi connectivity index (χ0) is 39.8. The van der Waals surface area contributed by atoms with Crippen LogP contribution in [0.15, 0.2) is 59.6 Å². The van der Waals surface area contributed by atoms with Crippen LogP contribution in [-0.2, 0) is 27.2 Å². The number of halogens is 1. The first kappa shape index (κ1) is 39.7. The second-order valence-electron chi connectivity index (χ2n) is 15.4. The zero-order valence-corrected chi connectivity index (χ0v) is 33.2. The molecule has 0 radical (unpaired) electrons. The van der Waals surface area contributed by atoms with Gasteiger partial charge in [-0.15, -0.1) is 0 Å². The molecule has 0 spiro atoms. The SMILES string of the molecule is Cc1cccc(C)c1-c1nc(NS(=O)(=O)c2cccc(C(=O)O)c2)nc(OC[C@@H]2N[C@H](c3cnc4cc(C(C)(C)C)n(C)c4n3)CCC[C@H]2OC(C)C)c1F. The summed E-state index contributed by atoms with van der Waals surface area (Å²) in [7, 11) is -2.41. The number of carboxylic acid groups (broad SMARTS) is 1. The quantitative estimate of drug-likeness (QED) is 0.126. The molecule has 2 aromatic carbocycles. The van der Waals surface area contributed by atoms with E-state index in [1.165, 1.54) is 18.2 Å². The van der Waals surface area contributed by atoms with Gasteiger partial charge in [-0.05, 0) is 82.3 Å². The van der Waals surface area contributed by atoms with E-state index in [2.05, 4.69) is 51.4 Å².